The number of nitrogens with zero attached hydrogens (tertiary/aromatic N) is 3. The second-order valence-electron chi connectivity index (χ2n) is 6.43. The number of piperazine rings is 1. The van der Waals surface area contributed by atoms with Gasteiger partial charge in [0.2, 0.25) is 0 Å². The third-order valence-electron chi connectivity index (χ3n) is 4.78. The van der Waals surface area contributed by atoms with E-state index >= 15 is 0 Å². The van der Waals surface area contributed by atoms with Crippen LogP contribution in [-0.2, 0) is 4.79 Å². The Morgan fingerprint density at radius 3 is 2.65 bits per heavy atom. The van der Waals surface area contributed by atoms with Crippen LogP contribution in [0.5, 0.6) is 0 Å². The molecule has 0 aromatic heterocycles. The number of amidine groups is 1. The summed E-state index contributed by atoms with van der Waals surface area (Å²) in [4.78, 5) is 21.7. The number of aliphatic hydroxyl groups is 1. The zero-order valence-electron chi connectivity index (χ0n) is 14.5. The van der Waals surface area contributed by atoms with Crippen molar-refractivity contribution in [3.8, 4) is 0 Å². The number of aliphatic imine (C=N–C) groups is 1. The van der Waals surface area contributed by atoms with Gasteiger partial charge in [0.25, 0.3) is 5.91 Å². The molecule has 0 unspecified atom stereocenters. The summed E-state index contributed by atoms with van der Waals surface area (Å²) in [6.45, 7) is 4.33. The Bertz CT molecular complexity index is 880. The number of carbonyl (C=O) groups excluding carboxylic acids is 1. The summed E-state index contributed by atoms with van der Waals surface area (Å²) >= 11 is 1.46. The van der Waals surface area contributed by atoms with E-state index in [1.165, 1.54) is 17.1 Å². The normalized spacial score (nSPS) is 20.2. The molecule has 26 heavy (non-hydrogen) atoms. The summed E-state index contributed by atoms with van der Waals surface area (Å²) in [5.41, 5.74) is 1.04. The molecule has 2 aliphatic heterocycles. The quantitative estimate of drug-likeness (QED) is 0.845. The highest BCUT2D eigenvalue weighted by molar-refractivity contribution is 8.18. The minimum absolute atomic E-state index is 0.157. The molecule has 0 saturated carbocycles. The molecular formula is C20H21N3O2S. The maximum atomic E-state index is 12.4. The number of β-amino-alcohol motifs (C(OH)–C–C–N with tert-alkyl or cyclic N) is 1. The van der Waals surface area contributed by atoms with Crippen LogP contribution < -0.4 is 0 Å². The highest BCUT2D eigenvalue weighted by Crippen LogP contribution is 2.32. The number of thioether (sulfide) groups is 1. The van der Waals surface area contributed by atoms with Gasteiger partial charge < -0.3 is 10.0 Å². The molecule has 1 fully saturated rings. The van der Waals surface area contributed by atoms with Gasteiger partial charge >= 0.3 is 0 Å². The smallest absolute Gasteiger partial charge is 0.286 e. The molecule has 1 saturated heterocycles. The van der Waals surface area contributed by atoms with Crippen LogP contribution in [0.15, 0.2) is 52.4 Å². The third-order valence-corrected chi connectivity index (χ3v) is 5.82. The Kier molecular flexibility index (Phi) is 5.06. The molecular weight excluding hydrogens is 346 g/mol. The lowest BCUT2D eigenvalue weighted by atomic mass is 10.0. The van der Waals surface area contributed by atoms with Crippen LogP contribution in [0.3, 0.4) is 0 Å². The van der Waals surface area contributed by atoms with Crippen molar-refractivity contribution in [2.45, 2.75) is 0 Å². The maximum Gasteiger partial charge on any atom is 0.286 e. The highest BCUT2D eigenvalue weighted by atomic mass is 32.2. The monoisotopic (exact) mass is 367 g/mol. The van der Waals surface area contributed by atoms with Crippen LogP contribution in [0.25, 0.3) is 16.8 Å². The van der Waals surface area contributed by atoms with Crippen LogP contribution in [-0.4, -0.2) is 65.3 Å². The first kappa shape index (κ1) is 17.3. The van der Waals surface area contributed by atoms with Crippen molar-refractivity contribution in [3.63, 3.8) is 0 Å². The lowest BCUT2D eigenvalue weighted by Crippen LogP contribution is -2.48. The van der Waals surface area contributed by atoms with Crippen LogP contribution in [0, 0.1) is 0 Å². The van der Waals surface area contributed by atoms with Gasteiger partial charge in [-0.25, -0.2) is 0 Å². The summed E-state index contributed by atoms with van der Waals surface area (Å²) in [6, 6.07) is 14.3. The van der Waals surface area contributed by atoms with Gasteiger partial charge in [-0.15, -0.1) is 0 Å². The molecule has 0 aliphatic carbocycles. The minimum atomic E-state index is -0.157. The van der Waals surface area contributed by atoms with Crippen molar-refractivity contribution in [2.24, 2.45) is 4.99 Å². The SMILES string of the molecule is O=C1N=C(N2CCN(CCO)CC2)S/C1=C\c1cccc2ccccc12. The van der Waals surface area contributed by atoms with E-state index in [1.54, 1.807) is 0 Å². The standard InChI is InChI=1S/C20H21N3O2S/c24-13-12-22-8-10-23(11-9-22)20-21-19(25)18(26-20)14-16-6-3-5-15-4-1-2-7-17(15)16/h1-7,14,24H,8-13H2/b18-14-. The number of carbonyl (C=O) groups is 1. The van der Waals surface area contributed by atoms with E-state index in [4.69, 9.17) is 5.11 Å². The second-order valence-corrected chi connectivity index (χ2v) is 7.44. The van der Waals surface area contributed by atoms with Crippen molar-refractivity contribution in [1.29, 1.82) is 0 Å². The van der Waals surface area contributed by atoms with Crippen LogP contribution in [0.4, 0.5) is 0 Å². The summed E-state index contributed by atoms with van der Waals surface area (Å²) < 4.78 is 0. The van der Waals surface area contributed by atoms with Gasteiger partial charge in [0.15, 0.2) is 5.17 Å². The molecule has 2 aromatic carbocycles. The fourth-order valence-corrected chi connectivity index (χ4v) is 4.31. The Hall–Kier alpha value is -2.15. The van der Waals surface area contributed by atoms with E-state index in [0.29, 0.717) is 11.4 Å². The molecule has 2 heterocycles. The molecule has 0 atom stereocenters. The van der Waals surface area contributed by atoms with Gasteiger partial charge in [-0.3, -0.25) is 9.69 Å². The fraction of sp³-hybridized carbons (Fsp3) is 0.300. The molecule has 1 N–H and O–H groups in total. The molecule has 0 radical (unpaired) electrons. The molecule has 0 bridgehead atoms. The molecule has 5 nitrogen and oxygen atoms in total. The van der Waals surface area contributed by atoms with Gasteiger partial charge in [-0.1, -0.05) is 42.5 Å². The number of aliphatic hydroxyl groups excluding tert-OH is 1. The van der Waals surface area contributed by atoms with E-state index in [0.717, 1.165) is 42.3 Å². The number of benzene rings is 2. The Morgan fingerprint density at radius 2 is 1.85 bits per heavy atom. The van der Waals surface area contributed by atoms with Crippen molar-refractivity contribution < 1.29 is 9.90 Å². The first-order valence-corrected chi connectivity index (χ1v) is 9.65. The number of amides is 1. The average Bonchev–Trinajstić information content (AvgIpc) is 3.03. The van der Waals surface area contributed by atoms with Gasteiger partial charge in [0.1, 0.15) is 0 Å². The zero-order valence-corrected chi connectivity index (χ0v) is 15.3. The van der Waals surface area contributed by atoms with E-state index in [9.17, 15) is 4.79 Å². The maximum absolute atomic E-state index is 12.4. The fourth-order valence-electron chi connectivity index (χ4n) is 3.35. The molecule has 6 heteroatoms. The minimum Gasteiger partial charge on any atom is -0.395 e. The van der Waals surface area contributed by atoms with Crippen molar-refractivity contribution in [3.05, 3.63) is 52.9 Å². The number of hydrogen-bond donors (Lipinski definition) is 1. The van der Waals surface area contributed by atoms with E-state index in [1.807, 2.05) is 30.3 Å². The predicted octanol–water partition coefficient (Wildman–Crippen LogP) is 2.42. The Labute approximate surface area is 157 Å². The predicted molar refractivity (Wildman–Crippen MR) is 107 cm³/mol. The summed E-state index contributed by atoms with van der Waals surface area (Å²) in [6.07, 6.45) is 1.95. The van der Waals surface area contributed by atoms with Crippen LogP contribution in [0.1, 0.15) is 5.56 Å². The van der Waals surface area contributed by atoms with Crippen molar-refractivity contribution >= 4 is 39.7 Å². The van der Waals surface area contributed by atoms with E-state index in [-0.39, 0.29) is 12.5 Å². The summed E-state index contributed by atoms with van der Waals surface area (Å²) in [5.74, 6) is -0.157. The van der Waals surface area contributed by atoms with Gasteiger partial charge in [-0.2, -0.15) is 4.99 Å². The van der Waals surface area contributed by atoms with E-state index in [2.05, 4.69) is 33.0 Å². The highest BCUT2D eigenvalue weighted by Gasteiger charge is 2.28. The van der Waals surface area contributed by atoms with Crippen molar-refractivity contribution in [1.82, 2.24) is 9.80 Å². The van der Waals surface area contributed by atoms with E-state index < -0.39 is 0 Å². The number of rotatable bonds is 3. The van der Waals surface area contributed by atoms with Crippen LogP contribution >= 0.6 is 11.8 Å². The van der Waals surface area contributed by atoms with Gasteiger partial charge in [0.05, 0.1) is 11.5 Å². The third kappa shape index (κ3) is 3.53. The lowest BCUT2D eigenvalue weighted by molar-refractivity contribution is -0.113. The van der Waals surface area contributed by atoms with Gasteiger partial charge in [-0.05, 0) is 34.2 Å². The average molecular weight is 367 g/mol. The van der Waals surface area contributed by atoms with Crippen LogP contribution in [0.2, 0.25) is 0 Å². The second kappa shape index (κ2) is 7.61. The molecule has 134 valence electrons. The zero-order chi connectivity index (χ0) is 17.9. The van der Waals surface area contributed by atoms with Gasteiger partial charge in [0, 0.05) is 32.7 Å². The summed E-state index contributed by atoms with van der Waals surface area (Å²) in [7, 11) is 0. The molecule has 0 spiro atoms. The topological polar surface area (TPSA) is 56.1 Å². The molecule has 4 rings (SSSR count). The Balaban J connectivity index is 1.50. The molecule has 2 aromatic rings. The number of fused-ring (bicyclic) bond motifs is 1. The molecule has 2 aliphatic rings. The molecule has 1 amide bonds. The van der Waals surface area contributed by atoms with Crippen molar-refractivity contribution in [2.75, 3.05) is 39.3 Å². The number of hydrogen-bond acceptors (Lipinski definition) is 5. The Morgan fingerprint density at radius 1 is 1.08 bits per heavy atom. The largest absolute Gasteiger partial charge is 0.395 e. The first-order valence-electron chi connectivity index (χ1n) is 8.83. The first-order chi connectivity index (χ1) is 12.7. The lowest BCUT2D eigenvalue weighted by Gasteiger charge is -2.34. The summed E-state index contributed by atoms with van der Waals surface area (Å²) in [5, 5.41) is 12.1.